The van der Waals surface area contributed by atoms with E-state index < -0.39 is 0 Å². The molecule has 0 aromatic heterocycles. The maximum atomic E-state index is 3.08. The van der Waals surface area contributed by atoms with E-state index in [0.717, 1.165) is 0 Å². The Hall–Kier alpha value is -0.580. The van der Waals surface area contributed by atoms with Gasteiger partial charge < -0.3 is 5.01 Å². The highest BCUT2D eigenvalue weighted by atomic mass is 15.7. The van der Waals surface area contributed by atoms with Gasteiger partial charge >= 0.3 is 0 Å². The van der Waals surface area contributed by atoms with Crippen LogP contribution >= 0.6 is 0 Å². The number of likely N-dealkylation sites (N-methyl/N-ethyl adjacent to an activating group) is 1. The third kappa shape index (κ3) is 1.70. The van der Waals surface area contributed by atoms with Crippen LogP contribution in [0.5, 0.6) is 0 Å². The predicted molar refractivity (Wildman–Crippen MR) is 40.6 cm³/mol. The van der Waals surface area contributed by atoms with Crippen molar-refractivity contribution in [3.63, 3.8) is 0 Å². The average Bonchev–Trinajstić information content (AvgIpc) is 1.88. The summed E-state index contributed by atoms with van der Waals surface area (Å²) in [6, 6.07) is 0. The lowest BCUT2D eigenvalue weighted by Gasteiger charge is -2.30. The Morgan fingerprint density at radius 3 is 2.60 bits per heavy atom. The lowest BCUT2D eigenvalue weighted by Crippen LogP contribution is -2.54. The summed E-state index contributed by atoms with van der Waals surface area (Å²) in [6.45, 7) is 0. The van der Waals surface area contributed by atoms with Crippen LogP contribution in [-0.4, -0.2) is 37.2 Å². The summed E-state index contributed by atoms with van der Waals surface area (Å²) in [6.07, 6.45) is 4.36. The van der Waals surface area contributed by atoms with E-state index in [2.05, 4.69) is 21.9 Å². The summed E-state index contributed by atoms with van der Waals surface area (Å²) in [7, 11) is 5.99. The molecule has 1 atom stereocenters. The smallest absolute Gasteiger partial charge is 0.0948 e. The fraction of sp³-hybridized carbons (Fsp3) is 0.667. The molecule has 0 aromatic rings. The Labute approximate surface area is 61.4 Å². The Kier molecular flexibility index (Phi) is 2.26. The van der Waals surface area contributed by atoms with Crippen LogP contribution in [0.3, 0.4) is 0 Å². The first-order chi connectivity index (χ1) is 4.70. The zero-order chi connectivity index (χ0) is 7.56. The molecule has 0 amide bonds. The van der Waals surface area contributed by atoms with Crippen LogP contribution in [0.25, 0.3) is 0 Å². The van der Waals surface area contributed by atoms with E-state index in [-0.39, 0.29) is 6.17 Å². The molecule has 1 aliphatic heterocycles. The Morgan fingerprint density at radius 1 is 1.50 bits per heavy atom. The first-order valence-electron chi connectivity index (χ1n) is 3.29. The topological polar surface area (TPSA) is 30.5 Å². The fourth-order valence-corrected chi connectivity index (χ4v) is 0.765. The monoisotopic (exact) mass is 142 g/mol. The lowest BCUT2D eigenvalue weighted by atomic mass is 10.4. The van der Waals surface area contributed by atoms with Crippen LogP contribution in [0.4, 0.5) is 0 Å². The molecule has 0 saturated carbocycles. The molecular formula is C6H14N4. The van der Waals surface area contributed by atoms with Gasteiger partial charge in [0.1, 0.15) is 0 Å². The van der Waals surface area contributed by atoms with Gasteiger partial charge in [0.05, 0.1) is 6.17 Å². The van der Waals surface area contributed by atoms with Crippen molar-refractivity contribution < 1.29 is 0 Å². The molecule has 0 fully saturated rings. The van der Waals surface area contributed by atoms with Crippen molar-refractivity contribution in [3.8, 4) is 0 Å². The highest BCUT2D eigenvalue weighted by molar-refractivity contribution is 4.92. The van der Waals surface area contributed by atoms with E-state index in [1.165, 1.54) is 0 Å². The second-order valence-electron chi connectivity index (χ2n) is 2.62. The van der Waals surface area contributed by atoms with Gasteiger partial charge in [0.15, 0.2) is 0 Å². The summed E-state index contributed by atoms with van der Waals surface area (Å²) in [5.41, 5.74) is 6.05. The van der Waals surface area contributed by atoms with Gasteiger partial charge in [-0.05, 0) is 20.2 Å². The second kappa shape index (κ2) is 3.01. The molecule has 1 unspecified atom stereocenters. The van der Waals surface area contributed by atoms with Crippen LogP contribution in [0, 0.1) is 0 Å². The van der Waals surface area contributed by atoms with Gasteiger partial charge in [-0.1, -0.05) is 0 Å². The Bertz CT molecular complexity index is 132. The van der Waals surface area contributed by atoms with Crippen molar-refractivity contribution in [3.05, 3.63) is 12.3 Å². The third-order valence-corrected chi connectivity index (χ3v) is 1.44. The van der Waals surface area contributed by atoms with Gasteiger partial charge in [0.25, 0.3) is 0 Å². The number of hydrogen-bond acceptors (Lipinski definition) is 4. The fourth-order valence-electron chi connectivity index (χ4n) is 0.765. The van der Waals surface area contributed by atoms with Crippen molar-refractivity contribution in [1.29, 1.82) is 0 Å². The lowest BCUT2D eigenvalue weighted by molar-refractivity contribution is 0.163. The summed E-state index contributed by atoms with van der Waals surface area (Å²) < 4.78 is 0. The minimum Gasteiger partial charge on any atom is -0.306 e. The molecule has 10 heavy (non-hydrogen) atoms. The van der Waals surface area contributed by atoms with Gasteiger partial charge in [-0.25, -0.2) is 5.43 Å². The number of hydrogen-bond donors (Lipinski definition) is 2. The van der Waals surface area contributed by atoms with Crippen molar-refractivity contribution in [2.45, 2.75) is 6.17 Å². The van der Waals surface area contributed by atoms with Crippen LogP contribution in [0.1, 0.15) is 0 Å². The summed E-state index contributed by atoms with van der Waals surface area (Å²) in [5.74, 6) is 0. The Balaban J connectivity index is 2.45. The highest BCUT2D eigenvalue weighted by Gasteiger charge is 2.09. The molecule has 4 nitrogen and oxygen atoms in total. The van der Waals surface area contributed by atoms with Crippen LogP contribution in [-0.2, 0) is 0 Å². The molecule has 0 aliphatic carbocycles. The van der Waals surface area contributed by atoms with Crippen molar-refractivity contribution >= 4 is 0 Å². The molecule has 0 spiro atoms. The van der Waals surface area contributed by atoms with Gasteiger partial charge in [-0.3, -0.25) is 4.90 Å². The van der Waals surface area contributed by atoms with E-state index in [4.69, 9.17) is 0 Å². The highest BCUT2D eigenvalue weighted by Crippen LogP contribution is 1.94. The SMILES string of the molecule is CN1C=CC(N(C)C)NN1. The summed E-state index contributed by atoms with van der Waals surface area (Å²) in [5, 5.41) is 1.86. The predicted octanol–water partition coefficient (Wildman–Crippen LogP) is -0.658. The molecule has 58 valence electrons. The minimum absolute atomic E-state index is 0.288. The maximum absolute atomic E-state index is 3.08. The summed E-state index contributed by atoms with van der Waals surface area (Å²) in [4.78, 5) is 2.08. The number of rotatable bonds is 1. The molecule has 2 N–H and O–H groups in total. The van der Waals surface area contributed by atoms with E-state index >= 15 is 0 Å². The average molecular weight is 142 g/mol. The minimum atomic E-state index is 0.288. The van der Waals surface area contributed by atoms with Crippen molar-refractivity contribution in [2.75, 3.05) is 21.1 Å². The molecule has 0 saturated heterocycles. The second-order valence-corrected chi connectivity index (χ2v) is 2.62. The van der Waals surface area contributed by atoms with Gasteiger partial charge in [0.2, 0.25) is 0 Å². The third-order valence-electron chi connectivity index (χ3n) is 1.44. The molecule has 0 radical (unpaired) electrons. The molecule has 0 bridgehead atoms. The maximum Gasteiger partial charge on any atom is 0.0948 e. The van der Waals surface area contributed by atoms with Crippen LogP contribution < -0.4 is 11.0 Å². The van der Waals surface area contributed by atoms with Gasteiger partial charge in [-0.15, -0.1) is 0 Å². The Morgan fingerprint density at radius 2 is 2.20 bits per heavy atom. The number of nitrogens with one attached hydrogen (secondary N) is 2. The van der Waals surface area contributed by atoms with Crippen LogP contribution in [0.2, 0.25) is 0 Å². The van der Waals surface area contributed by atoms with Gasteiger partial charge in [-0.2, -0.15) is 5.53 Å². The van der Waals surface area contributed by atoms with E-state index in [1.54, 1.807) is 0 Å². The van der Waals surface area contributed by atoms with Crippen molar-refractivity contribution in [1.82, 2.24) is 20.9 Å². The normalized spacial score (nSPS) is 26.0. The zero-order valence-electron chi connectivity index (χ0n) is 6.63. The van der Waals surface area contributed by atoms with Gasteiger partial charge in [0, 0.05) is 13.2 Å². The standard InChI is InChI=1S/C6H14N4/c1-9(2)6-4-5-10(3)8-7-6/h4-8H,1-3H3. The first-order valence-corrected chi connectivity index (χ1v) is 3.29. The summed E-state index contributed by atoms with van der Waals surface area (Å²) >= 11 is 0. The molecule has 4 heteroatoms. The van der Waals surface area contributed by atoms with E-state index in [0.29, 0.717) is 0 Å². The first kappa shape index (κ1) is 7.53. The van der Waals surface area contributed by atoms with Crippen LogP contribution in [0.15, 0.2) is 12.3 Å². The van der Waals surface area contributed by atoms with E-state index in [9.17, 15) is 0 Å². The quantitative estimate of drug-likeness (QED) is 0.509. The van der Waals surface area contributed by atoms with Crippen molar-refractivity contribution in [2.24, 2.45) is 0 Å². The largest absolute Gasteiger partial charge is 0.306 e. The molecule has 1 rings (SSSR count). The number of nitrogens with zero attached hydrogens (tertiary/aromatic N) is 2. The zero-order valence-corrected chi connectivity index (χ0v) is 6.63. The number of hydrazine groups is 2. The van der Waals surface area contributed by atoms with E-state index in [1.807, 2.05) is 32.4 Å². The molecule has 1 heterocycles. The molecule has 0 aromatic carbocycles. The molecular weight excluding hydrogens is 128 g/mol. The molecule has 1 aliphatic rings.